The third-order valence-electron chi connectivity index (χ3n) is 3.72. The number of carbonyl (C=O) groups excluding carboxylic acids is 5. The van der Waals surface area contributed by atoms with E-state index in [4.69, 9.17) is 54.5 Å². The molecular formula is C21H28Cl4O15. The van der Waals surface area contributed by atoms with Crippen molar-refractivity contribution >= 4 is 77.6 Å². The minimum Gasteiger partial charge on any atom is -0.459 e. The van der Waals surface area contributed by atoms with Crippen LogP contribution in [0.2, 0.25) is 0 Å². The van der Waals surface area contributed by atoms with Crippen LogP contribution in [0.5, 0.6) is 0 Å². The van der Waals surface area contributed by atoms with Crippen LogP contribution in [0.1, 0.15) is 0 Å². The molecule has 3 saturated heterocycles. The number of esters is 2. The minimum absolute atomic E-state index is 0. The quantitative estimate of drug-likeness (QED) is 0.157. The van der Waals surface area contributed by atoms with Crippen LogP contribution >= 0.6 is 47.2 Å². The van der Waals surface area contributed by atoms with Crippen molar-refractivity contribution in [3.63, 3.8) is 0 Å². The number of rotatable bonds is 9. The van der Waals surface area contributed by atoms with E-state index in [0.717, 1.165) is 0 Å². The van der Waals surface area contributed by atoms with E-state index in [1.807, 2.05) is 0 Å². The Labute approximate surface area is 249 Å². The molecule has 230 valence electrons. The summed E-state index contributed by atoms with van der Waals surface area (Å²) in [6.07, 6.45) is 1.04. The van der Waals surface area contributed by atoms with E-state index >= 15 is 0 Å². The van der Waals surface area contributed by atoms with Gasteiger partial charge in [0.15, 0.2) is 6.10 Å². The van der Waals surface area contributed by atoms with Gasteiger partial charge in [0.2, 0.25) is 12.2 Å². The lowest BCUT2D eigenvalue weighted by molar-refractivity contribution is -0.151. The van der Waals surface area contributed by atoms with Gasteiger partial charge in [0.05, 0.1) is 24.4 Å². The fourth-order valence-corrected chi connectivity index (χ4v) is 2.21. The van der Waals surface area contributed by atoms with Crippen LogP contribution in [0.3, 0.4) is 0 Å². The van der Waals surface area contributed by atoms with Crippen molar-refractivity contribution in [1.29, 1.82) is 0 Å². The predicted octanol–water partition coefficient (Wildman–Crippen LogP) is 1.83. The molecule has 0 aromatic heterocycles. The number of alkyl halides is 3. The fourth-order valence-electron chi connectivity index (χ4n) is 2.06. The van der Waals surface area contributed by atoms with Crippen LogP contribution < -0.4 is 0 Å². The van der Waals surface area contributed by atoms with Crippen LogP contribution in [-0.4, -0.2) is 116 Å². The normalized spacial score (nSPS) is 20.3. The molecule has 3 fully saturated rings. The van der Waals surface area contributed by atoms with Crippen molar-refractivity contribution in [3.8, 4) is 0 Å². The molecule has 3 heterocycles. The number of ether oxygens (including phenoxy) is 8. The van der Waals surface area contributed by atoms with E-state index in [1.165, 1.54) is 24.3 Å². The maximum Gasteiger partial charge on any atom is 0.509 e. The maximum atomic E-state index is 11.4. The molecule has 19 heteroatoms. The summed E-state index contributed by atoms with van der Waals surface area (Å²) in [5.41, 5.74) is 0. The third kappa shape index (κ3) is 19.4. The molecule has 0 aromatic carbocycles. The summed E-state index contributed by atoms with van der Waals surface area (Å²) in [6, 6.07) is 0. The second-order valence-electron chi connectivity index (χ2n) is 6.46. The summed E-state index contributed by atoms with van der Waals surface area (Å²) in [6.45, 7) is -0.219. The van der Waals surface area contributed by atoms with Crippen molar-refractivity contribution in [2.75, 3.05) is 57.5 Å². The predicted molar refractivity (Wildman–Crippen MR) is 138 cm³/mol. The van der Waals surface area contributed by atoms with Crippen LogP contribution in [0.15, 0.2) is 24.3 Å². The van der Waals surface area contributed by atoms with E-state index in [9.17, 15) is 24.0 Å². The standard InChI is InChI=1S/C12H12O10.C4H5ClO3.C4H8O2.CH2Cl2.ClH/c13-9(7-5-19-11(15)21-7)17-3-1-2-4-18-10(14)8-6-20-12(16)22-8;5-1-3-2-7-4(6)8-3;5-3-1-2-4-6;2-1-3;/h1-2,7-8H,3-6H2;3H,1-2H2;1-2,5-6H,3-4H2;1H2;1H/b2-1+;;2-1+;;. The van der Waals surface area contributed by atoms with Crippen LogP contribution in [-0.2, 0) is 47.5 Å². The van der Waals surface area contributed by atoms with Gasteiger partial charge in [0.1, 0.15) is 33.0 Å². The van der Waals surface area contributed by atoms with Gasteiger partial charge in [-0.25, -0.2) is 24.0 Å². The summed E-state index contributed by atoms with van der Waals surface area (Å²) in [4.78, 5) is 54.1. The molecule has 3 rings (SSSR count). The molecule has 0 spiro atoms. The lowest BCUT2D eigenvalue weighted by atomic mass is 10.4. The zero-order valence-corrected chi connectivity index (χ0v) is 23.7. The van der Waals surface area contributed by atoms with Gasteiger partial charge < -0.3 is 48.1 Å². The fraction of sp³-hybridized carbons (Fsp3) is 0.571. The van der Waals surface area contributed by atoms with Crippen molar-refractivity contribution in [2.45, 2.75) is 18.3 Å². The van der Waals surface area contributed by atoms with Crippen molar-refractivity contribution in [1.82, 2.24) is 0 Å². The molecule has 0 amide bonds. The first kappa shape index (κ1) is 39.5. The lowest BCUT2D eigenvalue weighted by Crippen LogP contribution is -2.26. The molecule has 0 radical (unpaired) electrons. The van der Waals surface area contributed by atoms with E-state index in [0.29, 0.717) is 12.5 Å². The van der Waals surface area contributed by atoms with Crippen molar-refractivity contribution in [3.05, 3.63) is 24.3 Å². The lowest BCUT2D eigenvalue weighted by Gasteiger charge is -2.06. The van der Waals surface area contributed by atoms with Gasteiger partial charge >= 0.3 is 30.4 Å². The Balaban J connectivity index is 0. The first-order chi connectivity index (χ1) is 18.7. The summed E-state index contributed by atoms with van der Waals surface area (Å²) in [7, 11) is 0. The van der Waals surface area contributed by atoms with Gasteiger partial charge in [0.25, 0.3) is 0 Å². The number of hydrogen-bond acceptors (Lipinski definition) is 15. The molecule has 2 N–H and O–H groups in total. The van der Waals surface area contributed by atoms with E-state index in [-0.39, 0.29) is 63.5 Å². The number of aliphatic hydroxyl groups is 2. The second-order valence-corrected chi connectivity index (χ2v) is 7.58. The Bertz CT molecular complexity index is 774. The van der Waals surface area contributed by atoms with Gasteiger partial charge in [-0.3, -0.25) is 0 Å². The third-order valence-corrected chi connectivity index (χ3v) is 4.06. The number of halogens is 4. The summed E-state index contributed by atoms with van der Waals surface area (Å²) < 4.78 is 36.4. The molecule has 0 aromatic rings. The van der Waals surface area contributed by atoms with E-state index < -0.39 is 42.6 Å². The highest BCUT2D eigenvalue weighted by Crippen LogP contribution is 2.09. The van der Waals surface area contributed by atoms with Gasteiger partial charge in [-0.1, -0.05) is 12.2 Å². The van der Waals surface area contributed by atoms with Gasteiger partial charge in [-0.2, -0.15) is 0 Å². The van der Waals surface area contributed by atoms with E-state index in [2.05, 4.69) is 28.4 Å². The number of aliphatic hydroxyl groups excluding tert-OH is 2. The zero-order chi connectivity index (χ0) is 29.5. The second kappa shape index (κ2) is 25.3. The Morgan fingerprint density at radius 3 is 1.35 bits per heavy atom. The largest absolute Gasteiger partial charge is 0.509 e. The topological polar surface area (TPSA) is 200 Å². The van der Waals surface area contributed by atoms with Crippen molar-refractivity contribution in [2.24, 2.45) is 0 Å². The Morgan fingerprint density at radius 2 is 1.10 bits per heavy atom. The number of carbonyl (C=O) groups is 5. The molecule has 3 aliphatic heterocycles. The highest BCUT2D eigenvalue weighted by atomic mass is 35.5. The summed E-state index contributed by atoms with van der Waals surface area (Å²) in [5.74, 6) is -1.16. The molecule has 15 nitrogen and oxygen atoms in total. The average Bonchev–Trinajstić information content (AvgIpc) is 3.67. The molecular weight excluding hydrogens is 634 g/mol. The Hall–Kier alpha value is -2.69. The van der Waals surface area contributed by atoms with Crippen LogP contribution in [0.4, 0.5) is 14.4 Å². The number of hydrogen-bond donors (Lipinski definition) is 2. The first-order valence-electron chi connectivity index (χ1n) is 10.7. The highest BCUT2D eigenvalue weighted by Gasteiger charge is 2.33. The van der Waals surface area contributed by atoms with Crippen molar-refractivity contribution < 1.29 is 72.1 Å². The average molecular weight is 662 g/mol. The first-order valence-corrected chi connectivity index (χ1v) is 12.4. The molecule has 0 aliphatic carbocycles. The molecule has 3 atom stereocenters. The molecule has 3 aliphatic rings. The van der Waals surface area contributed by atoms with Crippen LogP contribution in [0.25, 0.3) is 0 Å². The monoisotopic (exact) mass is 660 g/mol. The van der Waals surface area contributed by atoms with E-state index in [1.54, 1.807) is 0 Å². The smallest absolute Gasteiger partial charge is 0.459 e. The minimum atomic E-state index is -1.06. The highest BCUT2D eigenvalue weighted by molar-refractivity contribution is 6.40. The summed E-state index contributed by atoms with van der Waals surface area (Å²) >= 11 is 14.8. The van der Waals surface area contributed by atoms with Gasteiger partial charge in [-0.05, 0) is 12.2 Å². The summed E-state index contributed by atoms with van der Waals surface area (Å²) in [5, 5.41) is 16.2. The molecule has 3 unspecified atom stereocenters. The SMILES string of the molecule is Cl.ClCCl.O=C1OCC(C(=O)OC/C=C/COC(=O)C2COC(=O)O2)O1.O=C1OCC(CCl)O1.OC/C=C/CO. The maximum absolute atomic E-state index is 11.4. The zero-order valence-electron chi connectivity index (χ0n) is 20.6. The molecule has 0 bridgehead atoms. The Kier molecular flexibility index (Phi) is 24.9. The Morgan fingerprint density at radius 1 is 0.725 bits per heavy atom. The molecule has 0 saturated carbocycles. The number of cyclic esters (lactones) is 6. The van der Waals surface area contributed by atoms with Crippen LogP contribution in [0, 0.1) is 0 Å². The molecule has 40 heavy (non-hydrogen) atoms. The van der Waals surface area contributed by atoms with Gasteiger partial charge in [-0.15, -0.1) is 47.2 Å². The van der Waals surface area contributed by atoms with Gasteiger partial charge in [0, 0.05) is 0 Å².